The van der Waals surface area contributed by atoms with Crippen LogP contribution in [-0.2, 0) is 14.3 Å². The molecule has 0 aliphatic heterocycles. The minimum absolute atomic E-state index is 0.242. The number of nitrogens with one attached hydrogen (secondary N) is 1. The third kappa shape index (κ3) is 5.39. The van der Waals surface area contributed by atoms with E-state index < -0.39 is 12.1 Å². The smallest absolute Gasteiger partial charge is 0.331 e. The van der Waals surface area contributed by atoms with Gasteiger partial charge in [0, 0.05) is 29.8 Å². The van der Waals surface area contributed by atoms with E-state index in [4.69, 9.17) is 4.74 Å². The third-order valence-electron chi connectivity index (χ3n) is 5.01. The molecule has 1 N–H and O–H groups in total. The van der Waals surface area contributed by atoms with Gasteiger partial charge in [-0.1, -0.05) is 43.5 Å². The number of carbonyl (C=O) groups excluding carboxylic acids is 2. The summed E-state index contributed by atoms with van der Waals surface area (Å²) in [5.41, 5.74) is 1.65. The Bertz CT molecular complexity index is 820. The molecule has 2 aromatic rings. The molecule has 1 aliphatic rings. The summed E-state index contributed by atoms with van der Waals surface area (Å²) >= 11 is 0. The van der Waals surface area contributed by atoms with Crippen molar-refractivity contribution in [2.45, 2.75) is 45.1 Å². The number of ether oxygens (including phenoxy) is 1. The van der Waals surface area contributed by atoms with Gasteiger partial charge in [0.15, 0.2) is 6.10 Å². The summed E-state index contributed by atoms with van der Waals surface area (Å²) in [5.74, 6) is -0.234. The molecule has 1 aromatic carbocycles. The molecule has 1 amide bonds. The number of pyridine rings is 1. The first-order valence-corrected chi connectivity index (χ1v) is 9.63. The fraction of sp³-hybridized carbons (Fsp3) is 0.409. The molecule has 1 unspecified atom stereocenters. The Kier molecular flexibility index (Phi) is 6.58. The maximum absolute atomic E-state index is 12.1. The molecule has 142 valence electrons. The van der Waals surface area contributed by atoms with Crippen molar-refractivity contribution in [3.05, 3.63) is 48.2 Å². The summed E-state index contributed by atoms with van der Waals surface area (Å²) in [6.07, 6.45) is 10.0. The molecule has 1 atom stereocenters. The van der Waals surface area contributed by atoms with E-state index in [9.17, 15) is 9.59 Å². The number of rotatable bonds is 6. The predicted octanol–water partition coefficient (Wildman–Crippen LogP) is 3.88. The molecule has 27 heavy (non-hydrogen) atoms. The molecule has 0 spiro atoms. The Labute approximate surface area is 159 Å². The summed E-state index contributed by atoms with van der Waals surface area (Å²) < 4.78 is 5.23. The molecule has 1 aromatic heterocycles. The van der Waals surface area contributed by atoms with Gasteiger partial charge in [-0.2, -0.15) is 0 Å². The van der Waals surface area contributed by atoms with Crippen LogP contribution in [0.5, 0.6) is 0 Å². The number of carbonyl (C=O) groups is 2. The van der Waals surface area contributed by atoms with Gasteiger partial charge >= 0.3 is 5.97 Å². The zero-order valence-electron chi connectivity index (χ0n) is 15.7. The van der Waals surface area contributed by atoms with Crippen molar-refractivity contribution >= 4 is 28.9 Å². The van der Waals surface area contributed by atoms with Gasteiger partial charge in [0.25, 0.3) is 5.91 Å². The van der Waals surface area contributed by atoms with Crippen LogP contribution in [-0.4, -0.2) is 29.5 Å². The summed E-state index contributed by atoms with van der Waals surface area (Å²) in [5, 5.41) is 3.91. The van der Waals surface area contributed by atoms with Crippen LogP contribution in [0.15, 0.2) is 42.6 Å². The van der Waals surface area contributed by atoms with Crippen LogP contribution in [0.25, 0.3) is 17.0 Å². The number of nitrogens with zero attached hydrogens (tertiary/aromatic N) is 1. The lowest BCUT2D eigenvalue weighted by Gasteiger charge is -2.22. The topological polar surface area (TPSA) is 68.3 Å². The highest BCUT2D eigenvalue weighted by atomic mass is 16.5. The van der Waals surface area contributed by atoms with Gasteiger partial charge in [0.1, 0.15) is 0 Å². The Hall–Kier alpha value is -2.69. The highest BCUT2D eigenvalue weighted by Crippen LogP contribution is 2.22. The molecular weight excluding hydrogens is 340 g/mol. The molecule has 0 radical (unpaired) electrons. The second kappa shape index (κ2) is 9.31. The molecule has 1 fully saturated rings. The highest BCUT2D eigenvalue weighted by Gasteiger charge is 2.19. The molecule has 3 rings (SSSR count). The van der Waals surface area contributed by atoms with E-state index in [1.807, 2.05) is 30.3 Å². The average molecular weight is 366 g/mol. The number of fused-ring (bicyclic) bond motifs is 1. The lowest BCUT2D eigenvalue weighted by Crippen LogP contribution is -2.38. The van der Waals surface area contributed by atoms with Crippen LogP contribution in [0.1, 0.15) is 44.6 Å². The van der Waals surface area contributed by atoms with E-state index in [2.05, 4.69) is 10.3 Å². The van der Waals surface area contributed by atoms with Gasteiger partial charge in [-0.05, 0) is 37.8 Å². The van der Waals surface area contributed by atoms with Crippen LogP contribution in [0.2, 0.25) is 0 Å². The average Bonchev–Trinajstić information content (AvgIpc) is 2.71. The normalized spacial score (nSPS) is 16.3. The van der Waals surface area contributed by atoms with Gasteiger partial charge in [0.05, 0.1) is 5.52 Å². The second-order valence-electron chi connectivity index (χ2n) is 7.08. The summed E-state index contributed by atoms with van der Waals surface area (Å²) in [4.78, 5) is 28.6. The number of para-hydroxylation sites is 1. The molecule has 5 heteroatoms. The van der Waals surface area contributed by atoms with Gasteiger partial charge in [-0.3, -0.25) is 9.78 Å². The Morgan fingerprint density at radius 1 is 1.22 bits per heavy atom. The maximum atomic E-state index is 12.1. The van der Waals surface area contributed by atoms with Crippen LogP contribution in [0.4, 0.5) is 0 Å². The van der Waals surface area contributed by atoms with Crippen molar-refractivity contribution in [2.24, 2.45) is 5.92 Å². The van der Waals surface area contributed by atoms with Gasteiger partial charge < -0.3 is 10.1 Å². The van der Waals surface area contributed by atoms with Crippen molar-refractivity contribution in [1.29, 1.82) is 0 Å². The number of hydrogen-bond donors (Lipinski definition) is 1. The Morgan fingerprint density at radius 3 is 2.81 bits per heavy atom. The van der Waals surface area contributed by atoms with E-state index in [1.165, 1.54) is 25.3 Å². The largest absolute Gasteiger partial charge is 0.449 e. The first kappa shape index (κ1) is 19.1. The van der Waals surface area contributed by atoms with E-state index in [1.54, 1.807) is 19.2 Å². The summed E-state index contributed by atoms with van der Waals surface area (Å²) in [7, 11) is 0. The molecule has 0 saturated heterocycles. The molecule has 0 bridgehead atoms. The standard InChI is InChI=1S/C22H26N2O3/c1-16(22(26)24-15-17-7-3-2-4-8-17)27-20(25)13-12-19-10-5-9-18-11-6-14-23-21(18)19/h5-6,9-14,16-17H,2-4,7-8,15H2,1H3,(H,24,26)/b13-12+. The zero-order valence-corrected chi connectivity index (χ0v) is 15.7. The third-order valence-corrected chi connectivity index (χ3v) is 5.01. The number of esters is 1. The number of benzene rings is 1. The first-order chi connectivity index (χ1) is 13.1. The van der Waals surface area contributed by atoms with Crippen molar-refractivity contribution < 1.29 is 14.3 Å². The summed E-state index contributed by atoms with van der Waals surface area (Å²) in [6.45, 7) is 2.26. The fourth-order valence-electron chi connectivity index (χ4n) is 3.47. The maximum Gasteiger partial charge on any atom is 0.331 e. The fourth-order valence-corrected chi connectivity index (χ4v) is 3.47. The van der Waals surface area contributed by atoms with Crippen LogP contribution in [0.3, 0.4) is 0 Å². The van der Waals surface area contributed by atoms with Crippen molar-refractivity contribution in [3.63, 3.8) is 0 Å². The Balaban J connectivity index is 1.51. The minimum Gasteiger partial charge on any atom is -0.449 e. The first-order valence-electron chi connectivity index (χ1n) is 9.63. The molecule has 1 heterocycles. The van der Waals surface area contributed by atoms with Gasteiger partial charge in [-0.25, -0.2) is 4.79 Å². The van der Waals surface area contributed by atoms with E-state index in [-0.39, 0.29) is 5.91 Å². The van der Waals surface area contributed by atoms with Crippen LogP contribution < -0.4 is 5.32 Å². The number of aromatic nitrogens is 1. The molecule has 5 nitrogen and oxygen atoms in total. The quantitative estimate of drug-likeness (QED) is 0.622. The summed E-state index contributed by atoms with van der Waals surface area (Å²) in [6, 6.07) is 9.61. The highest BCUT2D eigenvalue weighted by molar-refractivity contribution is 5.94. The van der Waals surface area contributed by atoms with Gasteiger partial charge in [0.2, 0.25) is 0 Å². The van der Waals surface area contributed by atoms with Crippen LogP contribution >= 0.6 is 0 Å². The van der Waals surface area contributed by atoms with Crippen molar-refractivity contribution in [1.82, 2.24) is 10.3 Å². The number of hydrogen-bond acceptors (Lipinski definition) is 4. The molecule has 1 aliphatic carbocycles. The molecule has 1 saturated carbocycles. The Morgan fingerprint density at radius 2 is 2.00 bits per heavy atom. The minimum atomic E-state index is -0.809. The lowest BCUT2D eigenvalue weighted by atomic mass is 9.89. The predicted molar refractivity (Wildman–Crippen MR) is 106 cm³/mol. The zero-order chi connectivity index (χ0) is 19.1. The van der Waals surface area contributed by atoms with Crippen molar-refractivity contribution in [2.75, 3.05) is 6.54 Å². The molecular formula is C22H26N2O3. The lowest BCUT2D eigenvalue weighted by molar-refractivity contribution is -0.150. The van der Waals surface area contributed by atoms with Crippen LogP contribution in [0, 0.1) is 5.92 Å². The number of amides is 1. The van der Waals surface area contributed by atoms with Crippen molar-refractivity contribution in [3.8, 4) is 0 Å². The van der Waals surface area contributed by atoms with E-state index in [0.29, 0.717) is 12.5 Å². The second-order valence-corrected chi connectivity index (χ2v) is 7.08. The SMILES string of the molecule is CC(OC(=O)/C=C/c1cccc2cccnc12)C(=O)NCC1CCCCC1. The van der Waals surface area contributed by atoms with Gasteiger partial charge in [-0.15, -0.1) is 0 Å². The van der Waals surface area contributed by atoms with E-state index >= 15 is 0 Å². The van der Waals surface area contributed by atoms with E-state index in [0.717, 1.165) is 29.3 Å². The monoisotopic (exact) mass is 366 g/mol.